The summed E-state index contributed by atoms with van der Waals surface area (Å²) >= 11 is 0. The number of likely N-dealkylation sites (tertiary alicyclic amines) is 1. The second-order valence-corrected chi connectivity index (χ2v) is 6.16. The Bertz CT molecular complexity index is 334. The molecule has 0 aromatic rings. The average Bonchev–Trinajstić information content (AvgIpc) is 2.60. The molecule has 1 unspecified atom stereocenters. The van der Waals surface area contributed by atoms with Gasteiger partial charge in [-0.1, -0.05) is 20.8 Å². The van der Waals surface area contributed by atoms with Gasteiger partial charge in [0.05, 0.1) is 6.61 Å². The molecular formula is C13H23NO4. The van der Waals surface area contributed by atoms with Crippen molar-refractivity contribution in [2.75, 3.05) is 20.3 Å². The summed E-state index contributed by atoms with van der Waals surface area (Å²) in [6.45, 7) is 6.47. The monoisotopic (exact) mass is 257 g/mol. The molecule has 5 nitrogen and oxygen atoms in total. The molecule has 0 bridgehead atoms. The smallest absolute Gasteiger partial charge is 0.332 e. The molecule has 0 aromatic heterocycles. The summed E-state index contributed by atoms with van der Waals surface area (Å²) in [5.41, 5.74) is -1.31. The SMILES string of the molecule is COCC1(C(=O)O)CCCN1C(=O)CC(C)(C)C. The number of carboxylic acid groups (broad SMARTS) is 1. The molecule has 0 aliphatic carbocycles. The standard InChI is InChI=1S/C13H23NO4/c1-12(2,3)8-10(15)14-7-5-6-13(14,9-18-4)11(16)17/h5-9H2,1-4H3,(H,16,17). The van der Waals surface area contributed by atoms with E-state index >= 15 is 0 Å². The fourth-order valence-electron chi connectivity index (χ4n) is 2.46. The van der Waals surface area contributed by atoms with E-state index in [4.69, 9.17) is 4.74 Å². The molecule has 18 heavy (non-hydrogen) atoms. The molecule has 0 aromatic carbocycles. The summed E-state index contributed by atoms with van der Waals surface area (Å²) in [6, 6.07) is 0. The summed E-state index contributed by atoms with van der Waals surface area (Å²) in [7, 11) is 1.47. The molecule has 1 amide bonds. The molecule has 1 N–H and O–H groups in total. The maximum atomic E-state index is 12.3. The minimum atomic E-state index is -1.17. The summed E-state index contributed by atoms with van der Waals surface area (Å²) in [6.07, 6.45) is 1.53. The second kappa shape index (κ2) is 5.26. The zero-order chi connectivity index (χ0) is 14.0. The Morgan fingerprint density at radius 3 is 2.44 bits per heavy atom. The number of nitrogens with zero attached hydrogens (tertiary/aromatic N) is 1. The van der Waals surface area contributed by atoms with Crippen LogP contribution in [0, 0.1) is 5.41 Å². The Morgan fingerprint density at radius 1 is 1.39 bits per heavy atom. The topological polar surface area (TPSA) is 66.8 Å². The van der Waals surface area contributed by atoms with Gasteiger partial charge in [0.25, 0.3) is 0 Å². The number of ether oxygens (including phenoxy) is 1. The Balaban J connectivity index is 2.92. The summed E-state index contributed by atoms with van der Waals surface area (Å²) in [5, 5.41) is 9.44. The molecule has 1 aliphatic rings. The first kappa shape index (κ1) is 15.0. The highest BCUT2D eigenvalue weighted by Crippen LogP contribution is 2.32. The Hall–Kier alpha value is -1.10. The minimum Gasteiger partial charge on any atom is -0.479 e. The number of aliphatic carboxylic acids is 1. The van der Waals surface area contributed by atoms with Crippen LogP contribution < -0.4 is 0 Å². The first-order valence-corrected chi connectivity index (χ1v) is 6.26. The fourth-order valence-corrected chi connectivity index (χ4v) is 2.46. The van der Waals surface area contributed by atoms with Gasteiger partial charge in [-0.15, -0.1) is 0 Å². The predicted octanol–water partition coefficient (Wildman–Crippen LogP) is 1.51. The van der Waals surface area contributed by atoms with Crippen LogP contribution in [0.4, 0.5) is 0 Å². The van der Waals surface area contributed by atoms with Gasteiger partial charge in [-0.3, -0.25) is 4.79 Å². The molecule has 1 fully saturated rings. The lowest BCUT2D eigenvalue weighted by atomic mass is 9.90. The van der Waals surface area contributed by atoms with Gasteiger partial charge in [-0.25, -0.2) is 4.79 Å². The van der Waals surface area contributed by atoms with Crippen molar-refractivity contribution in [1.82, 2.24) is 4.90 Å². The van der Waals surface area contributed by atoms with E-state index < -0.39 is 11.5 Å². The third-order valence-electron chi connectivity index (χ3n) is 3.25. The van der Waals surface area contributed by atoms with Crippen molar-refractivity contribution in [2.45, 2.75) is 45.6 Å². The Morgan fingerprint density at radius 2 is 2.00 bits per heavy atom. The summed E-state index contributed by atoms with van der Waals surface area (Å²) in [5.74, 6) is -1.07. The number of methoxy groups -OCH3 is 1. The van der Waals surface area contributed by atoms with Crippen LogP contribution in [0.5, 0.6) is 0 Å². The lowest BCUT2D eigenvalue weighted by molar-refractivity contribution is -0.160. The van der Waals surface area contributed by atoms with Crippen molar-refractivity contribution in [1.29, 1.82) is 0 Å². The van der Waals surface area contributed by atoms with E-state index in [2.05, 4.69) is 0 Å². The van der Waals surface area contributed by atoms with E-state index in [1.807, 2.05) is 20.8 Å². The first-order chi connectivity index (χ1) is 8.23. The van der Waals surface area contributed by atoms with Gasteiger partial charge in [0, 0.05) is 20.1 Å². The zero-order valence-corrected chi connectivity index (χ0v) is 11.7. The molecule has 1 rings (SSSR count). The number of carbonyl (C=O) groups is 2. The number of carbonyl (C=O) groups excluding carboxylic acids is 1. The van der Waals surface area contributed by atoms with Gasteiger partial charge in [0.15, 0.2) is 5.54 Å². The second-order valence-electron chi connectivity index (χ2n) is 6.16. The third kappa shape index (κ3) is 3.02. The van der Waals surface area contributed by atoms with Crippen LogP contribution in [0.3, 0.4) is 0 Å². The molecule has 1 heterocycles. The van der Waals surface area contributed by atoms with Gasteiger partial charge in [0.2, 0.25) is 5.91 Å². The maximum absolute atomic E-state index is 12.3. The van der Waals surface area contributed by atoms with E-state index in [9.17, 15) is 14.7 Å². The maximum Gasteiger partial charge on any atom is 0.332 e. The summed E-state index contributed by atoms with van der Waals surface area (Å²) < 4.78 is 5.03. The van der Waals surface area contributed by atoms with Gasteiger partial charge >= 0.3 is 5.97 Å². The van der Waals surface area contributed by atoms with E-state index in [1.165, 1.54) is 12.0 Å². The number of hydrogen-bond donors (Lipinski definition) is 1. The normalized spacial score (nSPS) is 24.3. The first-order valence-electron chi connectivity index (χ1n) is 6.26. The van der Waals surface area contributed by atoms with Crippen LogP contribution in [-0.2, 0) is 14.3 Å². The van der Waals surface area contributed by atoms with E-state index in [-0.39, 0.29) is 17.9 Å². The lowest BCUT2D eigenvalue weighted by Crippen LogP contribution is -2.56. The zero-order valence-electron chi connectivity index (χ0n) is 11.7. The molecule has 0 spiro atoms. The predicted molar refractivity (Wildman–Crippen MR) is 67.3 cm³/mol. The quantitative estimate of drug-likeness (QED) is 0.829. The van der Waals surface area contributed by atoms with Gasteiger partial charge in [0.1, 0.15) is 0 Å². The van der Waals surface area contributed by atoms with Crippen molar-refractivity contribution >= 4 is 11.9 Å². The van der Waals surface area contributed by atoms with Crippen molar-refractivity contribution in [3.05, 3.63) is 0 Å². The van der Waals surface area contributed by atoms with Crippen LogP contribution in [0.2, 0.25) is 0 Å². The number of rotatable bonds is 4. The Labute approximate surface area is 108 Å². The average molecular weight is 257 g/mol. The fraction of sp³-hybridized carbons (Fsp3) is 0.846. The molecule has 0 radical (unpaired) electrons. The van der Waals surface area contributed by atoms with Crippen LogP contribution >= 0.6 is 0 Å². The Kier molecular flexibility index (Phi) is 4.37. The number of amides is 1. The van der Waals surface area contributed by atoms with Gasteiger partial charge < -0.3 is 14.7 Å². The number of hydrogen-bond acceptors (Lipinski definition) is 3. The summed E-state index contributed by atoms with van der Waals surface area (Å²) in [4.78, 5) is 25.3. The van der Waals surface area contributed by atoms with E-state index in [0.717, 1.165) is 0 Å². The van der Waals surface area contributed by atoms with Crippen molar-refractivity contribution in [3.63, 3.8) is 0 Å². The third-order valence-corrected chi connectivity index (χ3v) is 3.25. The molecule has 104 valence electrons. The molecular weight excluding hydrogens is 234 g/mol. The molecule has 1 aliphatic heterocycles. The van der Waals surface area contributed by atoms with Crippen molar-refractivity contribution in [3.8, 4) is 0 Å². The van der Waals surface area contributed by atoms with Gasteiger partial charge in [-0.2, -0.15) is 0 Å². The van der Waals surface area contributed by atoms with Crippen molar-refractivity contribution < 1.29 is 19.4 Å². The van der Waals surface area contributed by atoms with Crippen molar-refractivity contribution in [2.24, 2.45) is 5.41 Å². The van der Waals surface area contributed by atoms with Crippen LogP contribution in [-0.4, -0.2) is 47.7 Å². The van der Waals surface area contributed by atoms with E-state index in [1.54, 1.807) is 0 Å². The molecule has 0 saturated carbocycles. The minimum absolute atomic E-state index is 0.0538. The van der Waals surface area contributed by atoms with Gasteiger partial charge in [-0.05, 0) is 18.3 Å². The molecule has 1 atom stereocenters. The number of carboxylic acids is 1. The van der Waals surface area contributed by atoms with Crippen LogP contribution in [0.1, 0.15) is 40.0 Å². The molecule has 1 saturated heterocycles. The highest BCUT2D eigenvalue weighted by atomic mass is 16.5. The molecule has 5 heteroatoms. The van der Waals surface area contributed by atoms with Crippen LogP contribution in [0.25, 0.3) is 0 Å². The highest BCUT2D eigenvalue weighted by Gasteiger charge is 2.50. The lowest BCUT2D eigenvalue weighted by Gasteiger charge is -2.35. The van der Waals surface area contributed by atoms with E-state index in [0.29, 0.717) is 25.8 Å². The van der Waals surface area contributed by atoms with Crippen LogP contribution in [0.15, 0.2) is 0 Å². The largest absolute Gasteiger partial charge is 0.479 e. The highest BCUT2D eigenvalue weighted by molar-refractivity contribution is 5.88.